The summed E-state index contributed by atoms with van der Waals surface area (Å²) in [5.41, 5.74) is 7.16. The van der Waals surface area contributed by atoms with Crippen LogP contribution in [-0.2, 0) is 0 Å². The number of pyridine rings is 1. The van der Waals surface area contributed by atoms with Crippen LogP contribution >= 0.6 is 0 Å². The lowest BCUT2D eigenvalue weighted by Gasteiger charge is -2.22. The molecule has 2 heterocycles. The van der Waals surface area contributed by atoms with Gasteiger partial charge in [0.05, 0.1) is 5.56 Å². The zero-order valence-electron chi connectivity index (χ0n) is 12.9. The molecule has 1 saturated heterocycles. The third-order valence-electron chi connectivity index (χ3n) is 3.96. The molecule has 21 heavy (non-hydrogen) atoms. The number of hydrogen-bond acceptors (Lipinski definition) is 4. The summed E-state index contributed by atoms with van der Waals surface area (Å²) >= 11 is 0. The minimum Gasteiger partial charge on any atom is -0.337 e. The summed E-state index contributed by atoms with van der Waals surface area (Å²) in [6, 6.07) is 3.76. The van der Waals surface area contributed by atoms with E-state index in [0.29, 0.717) is 5.56 Å². The van der Waals surface area contributed by atoms with Crippen molar-refractivity contribution in [3.8, 4) is 0 Å². The van der Waals surface area contributed by atoms with Crippen LogP contribution in [0.15, 0.2) is 18.3 Å². The molecule has 116 valence electrons. The van der Waals surface area contributed by atoms with E-state index in [0.717, 1.165) is 64.2 Å². The van der Waals surface area contributed by atoms with Crippen LogP contribution in [0.3, 0.4) is 0 Å². The number of hydrogen-bond donors (Lipinski definition) is 1. The molecule has 0 atom stereocenters. The number of rotatable bonds is 5. The molecule has 2 N–H and O–H groups in total. The number of carbonyl (C=O) groups is 1. The molecule has 0 aliphatic carbocycles. The van der Waals surface area contributed by atoms with Gasteiger partial charge in [0.15, 0.2) is 0 Å². The first-order valence-electron chi connectivity index (χ1n) is 7.85. The Labute approximate surface area is 127 Å². The summed E-state index contributed by atoms with van der Waals surface area (Å²) in [4.78, 5) is 21.1. The number of aryl methyl sites for hydroxylation is 1. The van der Waals surface area contributed by atoms with E-state index in [1.165, 1.54) is 0 Å². The molecule has 1 aromatic rings. The molecule has 0 saturated carbocycles. The SMILES string of the molecule is Cc1ccc(C(=O)N2CCCN(CCCCN)CC2)cn1. The number of carbonyl (C=O) groups excluding carboxylic acids is 1. The average molecular weight is 290 g/mol. The second kappa shape index (κ2) is 8.10. The van der Waals surface area contributed by atoms with E-state index in [4.69, 9.17) is 5.73 Å². The Morgan fingerprint density at radius 3 is 2.81 bits per heavy atom. The highest BCUT2D eigenvalue weighted by molar-refractivity contribution is 5.93. The van der Waals surface area contributed by atoms with Gasteiger partial charge in [-0.2, -0.15) is 0 Å². The highest BCUT2D eigenvalue weighted by Crippen LogP contribution is 2.09. The Bertz CT molecular complexity index is 446. The van der Waals surface area contributed by atoms with Gasteiger partial charge in [-0.15, -0.1) is 0 Å². The topological polar surface area (TPSA) is 62.5 Å². The van der Waals surface area contributed by atoms with Gasteiger partial charge >= 0.3 is 0 Å². The Morgan fingerprint density at radius 2 is 2.10 bits per heavy atom. The summed E-state index contributed by atoms with van der Waals surface area (Å²) in [7, 11) is 0. The number of amides is 1. The maximum Gasteiger partial charge on any atom is 0.255 e. The van der Waals surface area contributed by atoms with Crippen LogP contribution in [-0.4, -0.2) is 60.0 Å². The maximum absolute atomic E-state index is 12.5. The van der Waals surface area contributed by atoms with Crippen molar-refractivity contribution >= 4 is 5.91 Å². The van der Waals surface area contributed by atoms with E-state index in [9.17, 15) is 4.79 Å². The Hall–Kier alpha value is -1.46. The van der Waals surface area contributed by atoms with Crippen LogP contribution in [0.4, 0.5) is 0 Å². The second-order valence-corrected chi connectivity index (χ2v) is 5.67. The monoisotopic (exact) mass is 290 g/mol. The third kappa shape index (κ3) is 4.79. The van der Waals surface area contributed by atoms with E-state index >= 15 is 0 Å². The van der Waals surface area contributed by atoms with Gasteiger partial charge in [-0.3, -0.25) is 9.78 Å². The van der Waals surface area contributed by atoms with Crippen molar-refractivity contribution in [2.75, 3.05) is 39.3 Å². The van der Waals surface area contributed by atoms with Crippen molar-refractivity contribution in [3.05, 3.63) is 29.6 Å². The molecule has 0 spiro atoms. The minimum atomic E-state index is 0.103. The molecule has 1 amide bonds. The molecule has 1 aromatic heterocycles. The fourth-order valence-corrected chi connectivity index (χ4v) is 2.65. The van der Waals surface area contributed by atoms with Crippen molar-refractivity contribution in [2.45, 2.75) is 26.2 Å². The van der Waals surface area contributed by atoms with Crippen molar-refractivity contribution < 1.29 is 4.79 Å². The Kier molecular flexibility index (Phi) is 6.14. The van der Waals surface area contributed by atoms with Crippen molar-refractivity contribution in [1.82, 2.24) is 14.8 Å². The second-order valence-electron chi connectivity index (χ2n) is 5.67. The molecule has 5 heteroatoms. The number of unbranched alkanes of at least 4 members (excludes halogenated alkanes) is 1. The van der Waals surface area contributed by atoms with Crippen LogP contribution in [0.1, 0.15) is 35.3 Å². The van der Waals surface area contributed by atoms with Gasteiger partial charge in [0.1, 0.15) is 0 Å². The standard InChI is InChI=1S/C16H26N4O/c1-14-5-6-15(13-18-14)16(21)20-10-4-9-19(11-12-20)8-3-2-7-17/h5-6,13H,2-4,7-12,17H2,1H3. The molecule has 5 nitrogen and oxygen atoms in total. The zero-order chi connectivity index (χ0) is 15.1. The van der Waals surface area contributed by atoms with Crippen LogP contribution in [0, 0.1) is 6.92 Å². The van der Waals surface area contributed by atoms with E-state index in [1.807, 2.05) is 24.0 Å². The van der Waals surface area contributed by atoms with Crippen LogP contribution < -0.4 is 5.73 Å². The van der Waals surface area contributed by atoms with E-state index in [2.05, 4.69) is 9.88 Å². The number of aromatic nitrogens is 1. The van der Waals surface area contributed by atoms with Gasteiger partial charge in [0.25, 0.3) is 5.91 Å². The molecule has 0 radical (unpaired) electrons. The van der Waals surface area contributed by atoms with Gasteiger partial charge in [-0.25, -0.2) is 0 Å². The summed E-state index contributed by atoms with van der Waals surface area (Å²) in [5, 5.41) is 0. The van der Waals surface area contributed by atoms with Gasteiger partial charge in [-0.1, -0.05) is 0 Å². The molecule has 0 unspecified atom stereocenters. The fourth-order valence-electron chi connectivity index (χ4n) is 2.65. The molecule has 1 aliphatic rings. The first kappa shape index (κ1) is 15.9. The van der Waals surface area contributed by atoms with Crippen molar-refractivity contribution in [1.29, 1.82) is 0 Å². The number of nitrogens with zero attached hydrogens (tertiary/aromatic N) is 3. The molecule has 2 rings (SSSR count). The smallest absolute Gasteiger partial charge is 0.255 e. The summed E-state index contributed by atoms with van der Waals surface area (Å²) in [6.07, 6.45) is 4.94. The Morgan fingerprint density at radius 1 is 1.24 bits per heavy atom. The third-order valence-corrected chi connectivity index (χ3v) is 3.96. The lowest BCUT2D eigenvalue weighted by atomic mass is 10.2. The number of nitrogens with two attached hydrogens (primary N) is 1. The van der Waals surface area contributed by atoms with Gasteiger partial charge in [0, 0.05) is 31.5 Å². The van der Waals surface area contributed by atoms with Gasteiger partial charge in [-0.05, 0) is 58.0 Å². The van der Waals surface area contributed by atoms with Crippen LogP contribution in [0.5, 0.6) is 0 Å². The molecular formula is C16H26N4O. The van der Waals surface area contributed by atoms with E-state index in [-0.39, 0.29) is 5.91 Å². The summed E-state index contributed by atoms with van der Waals surface area (Å²) < 4.78 is 0. The quantitative estimate of drug-likeness (QED) is 0.830. The zero-order valence-corrected chi connectivity index (χ0v) is 12.9. The van der Waals surface area contributed by atoms with Crippen molar-refractivity contribution in [3.63, 3.8) is 0 Å². The van der Waals surface area contributed by atoms with Gasteiger partial charge in [0.2, 0.25) is 0 Å². The molecule has 1 aliphatic heterocycles. The average Bonchev–Trinajstić information content (AvgIpc) is 2.73. The predicted octanol–water partition coefficient (Wildman–Crippen LogP) is 1.28. The highest BCUT2D eigenvalue weighted by Gasteiger charge is 2.20. The summed E-state index contributed by atoms with van der Waals surface area (Å²) in [5.74, 6) is 0.103. The summed E-state index contributed by atoms with van der Waals surface area (Å²) in [6.45, 7) is 7.44. The first-order chi connectivity index (χ1) is 10.2. The first-order valence-corrected chi connectivity index (χ1v) is 7.85. The highest BCUT2D eigenvalue weighted by atomic mass is 16.2. The van der Waals surface area contributed by atoms with E-state index < -0.39 is 0 Å². The fraction of sp³-hybridized carbons (Fsp3) is 0.625. The molecule has 1 fully saturated rings. The molecular weight excluding hydrogens is 264 g/mol. The maximum atomic E-state index is 12.5. The molecule has 0 aromatic carbocycles. The minimum absolute atomic E-state index is 0.103. The van der Waals surface area contributed by atoms with Crippen molar-refractivity contribution in [2.24, 2.45) is 5.73 Å². The van der Waals surface area contributed by atoms with Gasteiger partial charge < -0.3 is 15.5 Å². The lowest BCUT2D eigenvalue weighted by Crippen LogP contribution is -2.35. The molecule has 0 bridgehead atoms. The largest absolute Gasteiger partial charge is 0.337 e. The lowest BCUT2D eigenvalue weighted by molar-refractivity contribution is 0.0761. The predicted molar refractivity (Wildman–Crippen MR) is 84.2 cm³/mol. The van der Waals surface area contributed by atoms with Crippen LogP contribution in [0.25, 0.3) is 0 Å². The Balaban J connectivity index is 1.87. The van der Waals surface area contributed by atoms with E-state index in [1.54, 1.807) is 6.20 Å². The normalized spacial score (nSPS) is 16.8. The van der Waals surface area contributed by atoms with Crippen LogP contribution in [0.2, 0.25) is 0 Å².